The smallest absolute Gasteiger partial charge is 0.159 e. The van der Waals surface area contributed by atoms with E-state index >= 15 is 0 Å². The van der Waals surface area contributed by atoms with Crippen molar-refractivity contribution in [3.8, 4) is 0 Å². The van der Waals surface area contributed by atoms with E-state index in [0.29, 0.717) is 6.29 Å². The molecular formula is C8H7F2NO. The van der Waals surface area contributed by atoms with Crippen molar-refractivity contribution in [1.82, 2.24) is 0 Å². The van der Waals surface area contributed by atoms with Crippen molar-refractivity contribution in [1.29, 1.82) is 0 Å². The van der Waals surface area contributed by atoms with Gasteiger partial charge in [-0.1, -0.05) is 6.07 Å². The van der Waals surface area contributed by atoms with Crippen molar-refractivity contribution >= 4 is 6.29 Å². The Balaban J connectivity index is 3.04. The van der Waals surface area contributed by atoms with Gasteiger partial charge in [-0.15, -0.1) is 0 Å². The van der Waals surface area contributed by atoms with Crippen LogP contribution in [0.3, 0.4) is 0 Å². The van der Waals surface area contributed by atoms with E-state index in [-0.39, 0.29) is 5.56 Å². The zero-order valence-electron chi connectivity index (χ0n) is 6.13. The fraction of sp³-hybridized carbons (Fsp3) is 0.125. The molecule has 0 bridgehead atoms. The number of carbonyl (C=O) groups excluding carboxylic acids is 1. The van der Waals surface area contributed by atoms with Gasteiger partial charge in [0.1, 0.15) is 6.29 Å². The van der Waals surface area contributed by atoms with E-state index in [1.807, 2.05) is 0 Å². The molecule has 2 N–H and O–H groups in total. The second kappa shape index (κ2) is 3.40. The molecule has 1 rings (SSSR count). The lowest BCUT2D eigenvalue weighted by molar-refractivity contribution is -0.109. The summed E-state index contributed by atoms with van der Waals surface area (Å²) in [5.74, 6) is -1.94. The Labute approximate surface area is 68.0 Å². The summed E-state index contributed by atoms with van der Waals surface area (Å²) in [4.78, 5) is 10.2. The van der Waals surface area contributed by atoms with Gasteiger partial charge in [-0.2, -0.15) is 0 Å². The van der Waals surface area contributed by atoms with Crippen molar-refractivity contribution in [3.63, 3.8) is 0 Å². The quantitative estimate of drug-likeness (QED) is 0.678. The van der Waals surface area contributed by atoms with Gasteiger partial charge in [-0.3, -0.25) is 0 Å². The zero-order valence-corrected chi connectivity index (χ0v) is 6.13. The Bertz CT molecular complexity index is 301. The molecule has 4 heteroatoms. The maximum atomic E-state index is 12.5. The number of hydrogen-bond donors (Lipinski definition) is 1. The van der Waals surface area contributed by atoms with Crippen LogP contribution < -0.4 is 5.73 Å². The Kier molecular flexibility index (Phi) is 2.50. The molecule has 0 heterocycles. The maximum Gasteiger partial charge on any atom is 0.159 e. The number of aldehydes is 1. The van der Waals surface area contributed by atoms with E-state index in [9.17, 15) is 13.6 Å². The highest BCUT2D eigenvalue weighted by Crippen LogP contribution is 2.12. The summed E-state index contributed by atoms with van der Waals surface area (Å²) in [5, 5.41) is 0. The third-order valence-electron chi connectivity index (χ3n) is 1.48. The van der Waals surface area contributed by atoms with Crippen LogP contribution in [0, 0.1) is 11.6 Å². The average molecular weight is 171 g/mol. The van der Waals surface area contributed by atoms with Gasteiger partial charge in [-0.25, -0.2) is 8.78 Å². The normalized spacial score (nSPS) is 12.6. The first kappa shape index (κ1) is 8.80. The molecule has 0 aromatic heterocycles. The summed E-state index contributed by atoms with van der Waals surface area (Å²) in [6, 6.07) is 2.24. The van der Waals surface area contributed by atoms with Gasteiger partial charge in [0.25, 0.3) is 0 Å². The van der Waals surface area contributed by atoms with Crippen molar-refractivity contribution < 1.29 is 13.6 Å². The van der Waals surface area contributed by atoms with Gasteiger partial charge in [-0.05, 0) is 17.7 Å². The lowest BCUT2D eigenvalue weighted by atomic mass is 10.1. The number of nitrogens with two attached hydrogens (primary N) is 1. The van der Waals surface area contributed by atoms with E-state index < -0.39 is 17.7 Å². The third kappa shape index (κ3) is 1.65. The summed E-state index contributed by atoms with van der Waals surface area (Å²) in [6.45, 7) is 0. The lowest BCUT2D eigenvalue weighted by Crippen LogP contribution is -2.11. The van der Waals surface area contributed by atoms with E-state index in [2.05, 4.69) is 0 Å². The van der Waals surface area contributed by atoms with Gasteiger partial charge in [0.2, 0.25) is 0 Å². The second-order valence-electron chi connectivity index (χ2n) is 2.34. The molecule has 1 atom stereocenters. The molecule has 0 radical (unpaired) electrons. The van der Waals surface area contributed by atoms with Gasteiger partial charge >= 0.3 is 0 Å². The monoisotopic (exact) mass is 171 g/mol. The molecule has 0 fully saturated rings. The number of benzene rings is 1. The van der Waals surface area contributed by atoms with E-state index in [0.717, 1.165) is 12.1 Å². The summed E-state index contributed by atoms with van der Waals surface area (Å²) in [5.41, 5.74) is 5.52. The summed E-state index contributed by atoms with van der Waals surface area (Å²) in [6.07, 6.45) is 0.465. The van der Waals surface area contributed by atoms with Crippen molar-refractivity contribution in [3.05, 3.63) is 35.4 Å². The Morgan fingerprint density at radius 3 is 2.50 bits per heavy atom. The van der Waals surface area contributed by atoms with Crippen LogP contribution >= 0.6 is 0 Å². The first-order valence-corrected chi connectivity index (χ1v) is 3.31. The Hall–Kier alpha value is -1.29. The third-order valence-corrected chi connectivity index (χ3v) is 1.48. The van der Waals surface area contributed by atoms with Crippen LogP contribution in [0.15, 0.2) is 18.2 Å². The summed E-state index contributed by atoms with van der Waals surface area (Å²) in [7, 11) is 0. The Morgan fingerprint density at radius 1 is 1.33 bits per heavy atom. The first-order chi connectivity index (χ1) is 5.65. The van der Waals surface area contributed by atoms with Crippen molar-refractivity contribution in [2.75, 3.05) is 0 Å². The molecule has 0 aliphatic heterocycles. The number of halogens is 2. The fourth-order valence-electron chi connectivity index (χ4n) is 0.798. The molecule has 0 spiro atoms. The van der Waals surface area contributed by atoms with Gasteiger partial charge in [0.15, 0.2) is 11.6 Å². The molecule has 0 amide bonds. The molecular weight excluding hydrogens is 164 g/mol. The molecule has 64 valence electrons. The molecule has 2 nitrogen and oxygen atoms in total. The molecule has 12 heavy (non-hydrogen) atoms. The molecule has 0 aliphatic carbocycles. The van der Waals surface area contributed by atoms with E-state index in [1.165, 1.54) is 6.07 Å². The lowest BCUT2D eigenvalue weighted by Gasteiger charge is -2.03. The molecule has 1 aromatic rings. The standard InChI is InChI=1S/C8H7F2NO/c9-6-2-1-5(3-7(6)10)8(11)4-12/h1-4,8H,11H2. The number of rotatable bonds is 2. The van der Waals surface area contributed by atoms with Crippen LogP contribution in [0.1, 0.15) is 11.6 Å². The van der Waals surface area contributed by atoms with Crippen molar-refractivity contribution in [2.24, 2.45) is 5.73 Å². The second-order valence-corrected chi connectivity index (χ2v) is 2.34. The van der Waals surface area contributed by atoms with Crippen LogP contribution in [0.5, 0.6) is 0 Å². The van der Waals surface area contributed by atoms with Crippen LogP contribution in [-0.4, -0.2) is 6.29 Å². The van der Waals surface area contributed by atoms with Crippen molar-refractivity contribution in [2.45, 2.75) is 6.04 Å². The minimum Gasteiger partial charge on any atom is -0.318 e. The van der Waals surface area contributed by atoms with Gasteiger partial charge < -0.3 is 10.5 Å². The summed E-state index contributed by atoms with van der Waals surface area (Å²) < 4.78 is 24.9. The highest BCUT2D eigenvalue weighted by molar-refractivity contribution is 5.60. The highest BCUT2D eigenvalue weighted by Gasteiger charge is 2.07. The van der Waals surface area contributed by atoms with Crippen LogP contribution in [0.2, 0.25) is 0 Å². The molecule has 0 aliphatic rings. The minimum absolute atomic E-state index is 0.268. The van der Waals surface area contributed by atoms with Crippen LogP contribution in [0.25, 0.3) is 0 Å². The number of carbonyl (C=O) groups is 1. The van der Waals surface area contributed by atoms with Gasteiger partial charge in [0.05, 0.1) is 6.04 Å². The highest BCUT2D eigenvalue weighted by atomic mass is 19.2. The van der Waals surface area contributed by atoms with Crippen LogP contribution in [0.4, 0.5) is 8.78 Å². The topological polar surface area (TPSA) is 43.1 Å². The SMILES string of the molecule is NC(C=O)c1ccc(F)c(F)c1. The van der Waals surface area contributed by atoms with Crippen LogP contribution in [-0.2, 0) is 4.79 Å². The Morgan fingerprint density at radius 2 is 2.00 bits per heavy atom. The van der Waals surface area contributed by atoms with E-state index in [4.69, 9.17) is 5.73 Å². The summed E-state index contributed by atoms with van der Waals surface area (Å²) >= 11 is 0. The zero-order chi connectivity index (χ0) is 9.14. The largest absolute Gasteiger partial charge is 0.318 e. The molecule has 1 unspecified atom stereocenters. The minimum atomic E-state index is -0.996. The maximum absolute atomic E-state index is 12.5. The molecule has 0 saturated carbocycles. The number of hydrogen-bond acceptors (Lipinski definition) is 2. The predicted octanol–water partition coefficient (Wildman–Crippen LogP) is 1.16. The molecule has 1 aromatic carbocycles. The molecule has 0 saturated heterocycles. The fourth-order valence-corrected chi connectivity index (χ4v) is 0.798. The average Bonchev–Trinajstić information content (AvgIpc) is 2.08. The first-order valence-electron chi connectivity index (χ1n) is 3.31. The predicted molar refractivity (Wildman–Crippen MR) is 39.4 cm³/mol. The van der Waals surface area contributed by atoms with Gasteiger partial charge in [0, 0.05) is 0 Å². The van der Waals surface area contributed by atoms with E-state index in [1.54, 1.807) is 0 Å².